The van der Waals surface area contributed by atoms with Gasteiger partial charge in [0.15, 0.2) is 0 Å². The van der Waals surface area contributed by atoms with Gasteiger partial charge in [-0.15, -0.1) is 0 Å². The van der Waals surface area contributed by atoms with E-state index < -0.39 is 0 Å². The molecule has 0 aromatic heterocycles. The number of benzene rings is 1. The molecule has 1 unspecified atom stereocenters. The van der Waals surface area contributed by atoms with Gasteiger partial charge in [0.25, 0.3) is 0 Å². The molecule has 0 radical (unpaired) electrons. The zero-order valence-electron chi connectivity index (χ0n) is 11.5. The van der Waals surface area contributed by atoms with Crippen LogP contribution in [0.3, 0.4) is 0 Å². The number of hydrogen-bond donors (Lipinski definition) is 1. The summed E-state index contributed by atoms with van der Waals surface area (Å²) >= 11 is 0. The maximum absolute atomic E-state index is 3.56. The number of hydrogen-bond acceptors (Lipinski definition) is 2. The molecule has 94 valence electrons. The Morgan fingerprint density at radius 2 is 2.06 bits per heavy atom. The molecule has 1 heterocycles. The van der Waals surface area contributed by atoms with E-state index in [0.29, 0.717) is 6.04 Å². The van der Waals surface area contributed by atoms with Gasteiger partial charge < -0.3 is 10.2 Å². The molecule has 0 saturated heterocycles. The number of para-hydroxylation sites is 1. The van der Waals surface area contributed by atoms with Crippen molar-refractivity contribution in [3.05, 3.63) is 29.8 Å². The number of rotatable bonds is 4. The van der Waals surface area contributed by atoms with Crippen LogP contribution in [0.5, 0.6) is 0 Å². The third-order valence-electron chi connectivity index (χ3n) is 3.57. The number of fused-ring (bicyclic) bond motifs is 1. The predicted molar refractivity (Wildman–Crippen MR) is 74.7 cm³/mol. The van der Waals surface area contributed by atoms with E-state index in [1.807, 2.05) is 0 Å². The minimum absolute atomic E-state index is 0.167. The van der Waals surface area contributed by atoms with Crippen LogP contribution in [-0.2, 0) is 6.42 Å². The molecule has 0 saturated carbocycles. The summed E-state index contributed by atoms with van der Waals surface area (Å²) < 4.78 is 0. The van der Waals surface area contributed by atoms with Gasteiger partial charge in [-0.1, -0.05) is 25.1 Å². The molecule has 17 heavy (non-hydrogen) atoms. The van der Waals surface area contributed by atoms with E-state index >= 15 is 0 Å². The van der Waals surface area contributed by atoms with E-state index in [4.69, 9.17) is 0 Å². The van der Waals surface area contributed by atoms with Crippen LogP contribution in [-0.4, -0.2) is 24.7 Å². The molecular weight excluding hydrogens is 208 g/mol. The fourth-order valence-electron chi connectivity index (χ4n) is 2.83. The molecule has 2 nitrogen and oxygen atoms in total. The van der Waals surface area contributed by atoms with Gasteiger partial charge in [0, 0.05) is 23.8 Å². The largest absolute Gasteiger partial charge is 0.366 e. The zero-order valence-corrected chi connectivity index (χ0v) is 11.5. The van der Waals surface area contributed by atoms with Crippen molar-refractivity contribution in [3.63, 3.8) is 0 Å². The lowest BCUT2D eigenvalue weighted by molar-refractivity contribution is 0.389. The van der Waals surface area contributed by atoms with Crippen LogP contribution in [0.25, 0.3) is 0 Å². The summed E-state index contributed by atoms with van der Waals surface area (Å²) in [6.07, 6.45) is 1.18. The summed E-state index contributed by atoms with van der Waals surface area (Å²) in [5, 5.41) is 3.56. The summed E-state index contributed by atoms with van der Waals surface area (Å²) in [5.74, 6) is 0. The fraction of sp³-hybridized carbons (Fsp3) is 0.600. The lowest BCUT2D eigenvalue weighted by atomic mass is 10.0. The summed E-state index contributed by atoms with van der Waals surface area (Å²) in [4.78, 5) is 2.54. The first-order chi connectivity index (χ1) is 8.03. The van der Waals surface area contributed by atoms with Gasteiger partial charge in [0.05, 0.1) is 0 Å². The highest BCUT2D eigenvalue weighted by Crippen LogP contribution is 2.32. The first-order valence-corrected chi connectivity index (χ1v) is 6.63. The van der Waals surface area contributed by atoms with E-state index in [0.717, 1.165) is 13.1 Å². The maximum atomic E-state index is 3.56. The molecule has 1 N–H and O–H groups in total. The van der Waals surface area contributed by atoms with E-state index in [2.05, 4.69) is 62.2 Å². The third-order valence-corrected chi connectivity index (χ3v) is 3.57. The van der Waals surface area contributed by atoms with Gasteiger partial charge in [0.2, 0.25) is 0 Å². The first kappa shape index (κ1) is 12.4. The molecule has 0 aliphatic carbocycles. The number of anilines is 1. The molecule has 0 spiro atoms. The van der Waals surface area contributed by atoms with Crippen LogP contribution in [0.2, 0.25) is 0 Å². The molecule has 0 amide bonds. The van der Waals surface area contributed by atoms with Gasteiger partial charge in [-0.2, -0.15) is 0 Å². The van der Waals surface area contributed by atoms with Crippen LogP contribution in [0.4, 0.5) is 5.69 Å². The zero-order chi connectivity index (χ0) is 12.5. The van der Waals surface area contributed by atoms with Gasteiger partial charge in [-0.05, 0) is 45.4 Å². The standard InChI is InChI=1S/C15H24N2/c1-5-16-15(3,4)11-17-12(2)10-13-8-6-7-9-14(13)17/h6-9,12,16H,5,10-11H2,1-4H3. The summed E-state index contributed by atoms with van der Waals surface area (Å²) in [5.41, 5.74) is 3.08. The smallest absolute Gasteiger partial charge is 0.0402 e. The van der Waals surface area contributed by atoms with Crippen LogP contribution >= 0.6 is 0 Å². The molecule has 0 fully saturated rings. The maximum Gasteiger partial charge on any atom is 0.0402 e. The Morgan fingerprint density at radius 1 is 1.35 bits per heavy atom. The van der Waals surface area contributed by atoms with Gasteiger partial charge in [-0.3, -0.25) is 0 Å². The van der Waals surface area contributed by atoms with E-state index in [9.17, 15) is 0 Å². The topological polar surface area (TPSA) is 15.3 Å². The van der Waals surface area contributed by atoms with Crippen molar-refractivity contribution < 1.29 is 0 Å². The average molecular weight is 232 g/mol. The Bertz CT molecular complexity index is 384. The van der Waals surface area contributed by atoms with Crippen LogP contribution in [0.1, 0.15) is 33.3 Å². The Hall–Kier alpha value is -1.02. The fourth-order valence-corrected chi connectivity index (χ4v) is 2.83. The number of likely N-dealkylation sites (N-methyl/N-ethyl adjacent to an activating group) is 1. The highest BCUT2D eigenvalue weighted by atomic mass is 15.2. The molecule has 1 aromatic rings. The van der Waals surface area contributed by atoms with Crippen molar-refractivity contribution in [2.45, 2.75) is 45.7 Å². The molecular formula is C15H24N2. The molecule has 0 bridgehead atoms. The molecule has 1 atom stereocenters. The quantitative estimate of drug-likeness (QED) is 0.858. The van der Waals surface area contributed by atoms with Gasteiger partial charge in [-0.25, -0.2) is 0 Å². The normalized spacial score (nSPS) is 19.5. The summed E-state index contributed by atoms with van der Waals surface area (Å²) in [6.45, 7) is 11.1. The van der Waals surface area contributed by atoms with Crippen LogP contribution in [0.15, 0.2) is 24.3 Å². The second-order valence-corrected chi connectivity index (χ2v) is 5.72. The van der Waals surface area contributed by atoms with Crippen LogP contribution < -0.4 is 10.2 Å². The molecule has 1 aromatic carbocycles. The van der Waals surface area contributed by atoms with Crippen molar-refractivity contribution in [1.29, 1.82) is 0 Å². The van der Waals surface area contributed by atoms with Crippen molar-refractivity contribution in [2.75, 3.05) is 18.0 Å². The van der Waals surface area contributed by atoms with Gasteiger partial charge >= 0.3 is 0 Å². The molecule has 1 aliphatic rings. The Kier molecular flexibility index (Phi) is 3.43. The lowest BCUT2D eigenvalue weighted by Crippen LogP contribution is -2.50. The van der Waals surface area contributed by atoms with Crippen molar-refractivity contribution in [1.82, 2.24) is 5.32 Å². The molecule has 2 rings (SSSR count). The van der Waals surface area contributed by atoms with Crippen molar-refractivity contribution in [2.24, 2.45) is 0 Å². The van der Waals surface area contributed by atoms with E-state index in [1.54, 1.807) is 0 Å². The highest BCUT2D eigenvalue weighted by molar-refractivity contribution is 5.59. The minimum atomic E-state index is 0.167. The van der Waals surface area contributed by atoms with Crippen LogP contribution in [0, 0.1) is 0 Å². The Balaban J connectivity index is 2.17. The highest BCUT2D eigenvalue weighted by Gasteiger charge is 2.30. The Labute approximate surface area is 105 Å². The number of nitrogens with one attached hydrogen (secondary N) is 1. The summed E-state index contributed by atoms with van der Waals surface area (Å²) in [7, 11) is 0. The summed E-state index contributed by atoms with van der Waals surface area (Å²) in [6, 6.07) is 9.41. The lowest BCUT2D eigenvalue weighted by Gasteiger charge is -2.35. The SMILES string of the molecule is CCNC(C)(C)CN1c2ccccc2CC1C. The van der Waals surface area contributed by atoms with Gasteiger partial charge in [0.1, 0.15) is 0 Å². The number of nitrogens with zero attached hydrogens (tertiary/aromatic N) is 1. The van der Waals surface area contributed by atoms with E-state index in [1.165, 1.54) is 17.7 Å². The third kappa shape index (κ3) is 2.63. The average Bonchev–Trinajstić information content (AvgIpc) is 2.55. The Morgan fingerprint density at radius 3 is 2.76 bits per heavy atom. The first-order valence-electron chi connectivity index (χ1n) is 6.63. The molecule has 2 heteroatoms. The monoisotopic (exact) mass is 232 g/mol. The predicted octanol–water partition coefficient (Wildman–Crippen LogP) is 2.83. The minimum Gasteiger partial charge on any atom is -0.366 e. The second-order valence-electron chi connectivity index (χ2n) is 5.72. The second kappa shape index (κ2) is 4.69. The van der Waals surface area contributed by atoms with E-state index in [-0.39, 0.29) is 5.54 Å². The molecule has 1 aliphatic heterocycles. The van der Waals surface area contributed by atoms with Crippen molar-refractivity contribution >= 4 is 5.69 Å². The van der Waals surface area contributed by atoms with Crippen molar-refractivity contribution in [3.8, 4) is 0 Å².